The lowest BCUT2D eigenvalue weighted by Gasteiger charge is -2.23. The lowest BCUT2D eigenvalue weighted by atomic mass is 9.94. The first-order valence-electron chi connectivity index (χ1n) is 13.2. The van der Waals surface area contributed by atoms with E-state index in [2.05, 4.69) is 35.9 Å². The maximum Gasteiger partial charge on any atom is 0.586 e. The fraction of sp³-hybridized carbons (Fsp3) is 0.290. The second-order valence-electron chi connectivity index (χ2n) is 11.3. The zero-order valence-corrected chi connectivity index (χ0v) is 23.7. The fourth-order valence-electron chi connectivity index (χ4n) is 4.91. The Hall–Kier alpha value is -3.95. The molecule has 214 valence electrons. The van der Waals surface area contributed by atoms with Gasteiger partial charge in [-0.2, -0.15) is 0 Å². The second kappa shape index (κ2) is 10.5. The number of ether oxygens (including phenoxy) is 3. The van der Waals surface area contributed by atoms with Crippen LogP contribution in [0.15, 0.2) is 72.8 Å². The zero-order valence-electron chi connectivity index (χ0n) is 22.9. The Morgan fingerprint density at radius 1 is 0.976 bits per heavy atom. The van der Waals surface area contributed by atoms with E-state index >= 15 is 0 Å². The maximum absolute atomic E-state index is 13.6. The number of quaternary nitrogens is 1. The van der Waals surface area contributed by atoms with Crippen LogP contribution >= 0.6 is 0 Å². The third-order valence-corrected chi connectivity index (χ3v) is 7.26. The molecule has 2 aliphatic rings. The summed E-state index contributed by atoms with van der Waals surface area (Å²) in [5.74, 6) is 0.792. The van der Waals surface area contributed by atoms with Gasteiger partial charge in [0.1, 0.15) is 24.7 Å². The monoisotopic (exact) mass is 581 g/mol. The predicted octanol–water partition coefficient (Wildman–Crippen LogP) is 2.98. The Morgan fingerprint density at radius 3 is 2.49 bits per heavy atom. The Morgan fingerprint density at radius 2 is 1.73 bits per heavy atom. The number of fused-ring (bicyclic) bond motifs is 2. The number of nitrogens with zero attached hydrogens (tertiary/aromatic N) is 2. The van der Waals surface area contributed by atoms with Crippen LogP contribution in [0.25, 0.3) is 22.0 Å². The molecule has 0 spiro atoms. The van der Waals surface area contributed by atoms with E-state index in [1.165, 1.54) is 12.1 Å². The lowest BCUT2D eigenvalue weighted by Crippen LogP contribution is -3.00. The first-order chi connectivity index (χ1) is 19.0. The van der Waals surface area contributed by atoms with Crippen molar-refractivity contribution < 1.29 is 44.7 Å². The molecular weight excluding hydrogens is 552 g/mol. The number of halogens is 3. The number of hydrogen-bond acceptors (Lipinski definition) is 5. The van der Waals surface area contributed by atoms with Crippen molar-refractivity contribution in [2.45, 2.75) is 24.6 Å². The van der Waals surface area contributed by atoms with Crippen molar-refractivity contribution in [3.63, 3.8) is 0 Å². The number of benzene rings is 3. The molecule has 7 nitrogen and oxygen atoms in total. The van der Waals surface area contributed by atoms with Gasteiger partial charge in [-0.3, -0.25) is 4.79 Å². The summed E-state index contributed by atoms with van der Waals surface area (Å²) in [4.78, 5) is 18.4. The predicted molar refractivity (Wildman–Crippen MR) is 148 cm³/mol. The highest BCUT2D eigenvalue weighted by molar-refractivity contribution is 6.03. The molecule has 0 saturated heterocycles. The molecule has 1 aromatic heterocycles. The molecule has 6 rings (SSSR count). The van der Waals surface area contributed by atoms with Crippen molar-refractivity contribution >= 4 is 22.5 Å². The van der Waals surface area contributed by atoms with E-state index in [0.717, 1.165) is 38.8 Å². The Kier molecular flexibility index (Phi) is 7.29. The molecule has 0 radical (unpaired) electrons. The molecule has 3 aromatic carbocycles. The van der Waals surface area contributed by atoms with Crippen LogP contribution in [-0.2, 0) is 10.2 Å². The van der Waals surface area contributed by atoms with E-state index in [-0.39, 0.29) is 29.8 Å². The van der Waals surface area contributed by atoms with Crippen molar-refractivity contribution in [3.05, 3.63) is 78.4 Å². The Labute approximate surface area is 243 Å². The minimum absolute atomic E-state index is 0. The van der Waals surface area contributed by atoms with Gasteiger partial charge >= 0.3 is 6.29 Å². The Balaban J connectivity index is 0.00000337. The SMILES string of the molecule is C[N+](C)(C)CCOc1cccc(-c2nc(NC(=O)C3(c4ccc5c(c4)OC(F)(F)O5)CC3)cc3ccccc23)c1.[Cl-]. The molecule has 0 atom stereocenters. The number of pyridine rings is 1. The number of nitrogens with one attached hydrogen (secondary N) is 1. The summed E-state index contributed by atoms with van der Waals surface area (Å²) in [5, 5.41) is 4.86. The van der Waals surface area contributed by atoms with Gasteiger partial charge in [-0.05, 0) is 54.1 Å². The van der Waals surface area contributed by atoms with Crippen molar-refractivity contribution in [2.24, 2.45) is 0 Å². The molecule has 1 amide bonds. The number of amides is 1. The topological polar surface area (TPSA) is 69.7 Å². The lowest BCUT2D eigenvalue weighted by molar-refractivity contribution is -0.870. The number of carbonyl (C=O) groups excluding carboxylic acids is 1. The van der Waals surface area contributed by atoms with E-state index < -0.39 is 11.7 Å². The highest BCUT2D eigenvalue weighted by atomic mass is 35.5. The fourth-order valence-corrected chi connectivity index (χ4v) is 4.91. The number of carbonyl (C=O) groups is 1. The molecule has 0 bridgehead atoms. The van der Waals surface area contributed by atoms with Crippen LogP contribution in [0.1, 0.15) is 18.4 Å². The smallest absolute Gasteiger partial charge is 0.586 e. The molecular formula is C31H30ClF2N3O4. The number of aromatic nitrogens is 1. The summed E-state index contributed by atoms with van der Waals surface area (Å²) in [7, 11) is 6.35. The number of rotatable bonds is 8. The van der Waals surface area contributed by atoms with E-state index in [1.54, 1.807) is 6.07 Å². The summed E-state index contributed by atoms with van der Waals surface area (Å²) in [6.45, 7) is 1.44. The van der Waals surface area contributed by atoms with Crippen molar-refractivity contribution in [1.29, 1.82) is 0 Å². The summed E-state index contributed by atoms with van der Waals surface area (Å²) >= 11 is 0. The third kappa shape index (κ3) is 5.92. The van der Waals surface area contributed by atoms with Crippen LogP contribution in [-0.4, -0.2) is 56.0 Å². The van der Waals surface area contributed by atoms with Gasteiger partial charge in [0.2, 0.25) is 5.91 Å². The highest BCUT2D eigenvalue weighted by Crippen LogP contribution is 2.52. The molecule has 1 fully saturated rings. The van der Waals surface area contributed by atoms with Crippen LogP contribution in [0.2, 0.25) is 0 Å². The summed E-state index contributed by atoms with van der Waals surface area (Å²) in [6.07, 6.45) is -2.54. The normalized spacial score (nSPS) is 16.1. The summed E-state index contributed by atoms with van der Waals surface area (Å²) in [5.41, 5.74) is 1.35. The molecule has 2 heterocycles. The van der Waals surface area contributed by atoms with Crippen molar-refractivity contribution in [2.75, 3.05) is 39.6 Å². The number of alkyl halides is 2. The van der Waals surface area contributed by atoms with E-state index in [4.69, 9.17) is 9.72 Å². The third-order valence-electron chi connectivity index (χ3n) is 7.26. The van der Waals surface area contributed by atoms with Gasteiger partial charge in [0, 0.05) is 10.9 Å². The van der Waals surface area contributed by atoms with Crippen LogP contribution in [0.5, 0.6) is 17.2 Å². The first kappa shape index (κ1) is 28.6. The molecule has 4 aromatic rings. The van der Waals surface area contributed by atoms with Gasteiger partial charge in [-0.1, -0.05) is 42.5 Å². The van der Waals surface area contributed by atoms with Crippen LogP contribution < -0.4 is 31.9 Å². The minimum atomic E-state index is -3.71. The maximum atomic E-state index is 13.6. The molecule has 1 saturated carbocycles. The summed E-state index contributed by atoms with van der Waals surface area (Å²) < 4.78 is 43.0. The molecule has 1 N–H and O–H groups in total. The van der Waals surface area contributed by atoms with Gasteiger partial charge in [0.05, 0.1) is 32.3 Å². The first-order valence-corrected chi connectivity index (χ1v) is 13.2. The largest absolute Gasteiger partial charge is 1.00 e. The quantitative estimate of drug-likeness (QED) is 0.324. The van der Waals surface area contributed by atoms with Gasteiger partial charge in [0.15, 0.2) is 11.5 Å². The number of hydrogen-bond donors (Lipinski definition) is 1. The van der Waals surface area contributed by atoms with Gasteiger partial charge in [0.25, 0.3) is 0 Å². The van der Waals surface area contributed by atoms with E-state index in [9.17, 15) is 13.6 Å². The molecule has 1 aliphatic heterocycles. The van der Waals surface area contributed by atoms with E-state index in [1.807, 2.05) is 54.6 Å². The van der Waals surface area contributed by atoms with Crippen LogP contribution in [0, 0.1) is 0 Å². The summed E-state index contributed by atoms with van der Waals surface area (Å²) in [6, 6.07) is 22.0. The van der Waals surface area contributed by atoms with Crippen LogP contribution in [0.3, 0.4) is 0 Å². The van der Waals surface area contributed by atoms with Crippen molar-refractivity contribution in [3.8, 4) is 28.5 Å². The van der Waals surface area contributed by atoms with E-state index in [0.29, 0.717) is 30.8 Å². The van der Waals surface area contributed by atoms with Gasteiger partial charge < -0.3 is 36.4 Å². The Bertz CT molecular complexity index is 1620. The van der Waals surface area contributed by atoms with Crippen molar-refractivity contribution in [1.82, 2.24) is 4.98 Å². The van der Waals surface area contributed by atoms with Gasteiger partial charge in [-0.25, -0.2) is 4.98 Å². The second-order valence-corrected chi connectivity index (χ2v) is 11.3. The number of anilines is 1. The molecule has 0 unspecified atom stereocenters. The van der Waals surface area contributed by atoms with Crippen LogP contribution in [0.4, 0.5) is 14.6 Å². The standard InChI is InChI=1S/C31H29F2N3O4.ClH/c1-36(2,3)15-16-38-23-9-6-8-21(17-23)28-24-10-5-4-7-20(24)18-27(34-28)35-29(37)30(13-14-30)22-11-12-25-26(19-22)40-31(32,33)39-25;/h4-12,17-19H,13-16H2,1-3H3;1H. The average Bonchev–Trinajstić information content (AvgIpc) is 3.65. The number of likely N-dealkylation sites (N-methyl/N-ethyl adjacent to an activating group) is 1. The average molecular weight is 582 g/mol. The highest BCUT2D eigenvalue weighted by Gasteiger charge is 2.53. The molecule has 1 aliphatic carbocycles. The molecule has 10 heteroatoms. The molecule has 41 heavy (non-hydrogen) atoms. The van der Waals surface area contributed by atoms with Gasteiger partial charge in [-0.15, -0.1) is 8.78 Å². The minimum Gasteiger partial charge on any atom is -1.00 e. The zero-order chi connectivity index (χ0) is 28.1.